The molecular weight excluding hydrogens is 466 g/mol. The van der Waals surface area contributed by atoms with Crippen LogP contribution in [0.1, 0.15) is 57.6 Å². The van der Waals surface area contributed by atoms with Crippen LogP contribution in [0, 0.1) is 0 Å². The van der Waals surface area contributed by atoms with E-state index in [9.17, 15) is 4.79 Å². The van der Waals surface area contributed by atoms with Gasteiger partial charge in [-0.25, -0.2) is 0 Å². The van der Waals surface area contributed by atoms with Gasteiger partial charge in [-0.3, -0.25) is 9.69 Å². The summed E-state index contributed by atoms with van der Waals surface area (Å²) in [5.74, 6) is 2.72. The van der Waals surface area contributed by atoms with Crippen LogP contribution in [-0.4, -0.2) is 41.5 Å². The Kier molecular flexibility index (Phi) is 9.84. The van der Waals surface area contributed by atoms with Crippen molar-refractivity contribution in [3.63, 3.8) is 0 Å². The Bertz CT molecular complexity index is 1020. The average molecular weight is 500 g/mol. The van der Waals surface area contributed by atoms with Crippen LogP contribution in [0.4, 0.5) is 0 Å². The predicted octanol–water partition coefficient (Wildman–Crippen LogP) is 6.67. The first kappa shape index (κ1) is 26.1. The first-order chi connectivity index (χ1) is 16.5. The Morgan fingerprint density at radius 3 is 2.38 bits per heavy atom. The van der Waals surface area contributed by atoms with E-state index in [1.54, 1.807) is 4.90 Å². The van der Waals surface area contributed by atoms with Gasteiger partial charge in [-0.05, 0) is 67.7 Å². The van der Waals surface area contributed by atoms with E-state index in [0.717, 1.165) is 24.2 Å². The minimum Gasteiger partial charge on any atom is -0.493 e. The fraction of sp³-hybridized carbons (Fsp3) is 0.407. The maximum atomic E-state index is 12.5. The lowest BCUT2D eigenvalue weighted by molar-refractivity contribution is -0.121. The van der Waals surface area contributed by atoms with Gasteiger partial charge in [0.25, 0.3) is 5.91 Å². The molecule has 0 spiro atoms. The van der Waals surface area contributed by atoms with Gasteiger partial charge in [0, 0.05) is 13.0 Å². The van der Waals surface area contributed by atoms with E-state index < -0.39 is 0 Å². The van der Waals surface area contributed by atoms with Gasteiger partial charge in [-0.2, -0.15) is 0 Å². The molecule has 2 aromatic rings. The molecule has 1 saturated heterocycles. The Balaban J connectivity index is 1.54. The number of hydrogen-bond acceptors (Lipinski definition) is 6. The van der Waals surface area contributed by atoms with Crippen LogP contribution in [0.15, 0.2) is 47.4 Å². The summed E-state index contributed by atoms with van der Waals surface area (Å²) in [4.78, 5) is 14.7. The topological polar surface area (TPSA) is 48.0 Å². The molecule has 0 aliphatic carbocycles. The van der Waals surface area contributed by atoms with Gasteiger partial charge in [0.05, 0.1) is 24.7 Å². The molecule has 1 aliphatic rings. The molecule has 1 aliphatic heterocycles. The zero-order valence-corrected chi connectivity index (χ0v) is 22.0. The number of ether oxygens (including phenoxy) is 3. The van der Waals surface area contributed by atoms with E-state index >= 15 is 0 Å². The second kappa shape index (κ2) is 12.8. The molecule has 1 atom stereocenters. The number of carbonyl (C=O) groups is 1. The van der Waals surface area contributed by atoms with Crippen LogP contribution < -0.4 is 14.2 Å². The van der Waals surface area contributed by atoms with Crippen LogP contribution in [0.3, 0.4) is 0 Å². The van der Waals surface area contributed by atoms with Gasteiger partial charge in [0.1, 0.15) is 10.1 Å². The fourth-order valence-electron chi connectivity index (χ4n) is 3.49. The van der Waals surface area contributed by atoms with Gasteiger partial charge in [0.15, 0.2) is 11.5 Å². The number of thioether (sulfide) groups is 1. The molecule has 3 rings (SSSR count). The first-order valence-electron chi connectivity index (χ1n) is 11.8. The van der Waals surface area contributed by atoms with Crippen molar-refractivity contribution in [3.05, 3.63) is 58.5 Å². The number of thiocarbonyl (C=S) groups is 1. The molecule has 1 fully saturated rings. The number of amides is 1. The van der Waals surface area contributed by atoms with Crippen molar-refractivity contribution >= 4 is 40.3 Å². The van der Waals surface area contributed by atoms with Gasteiger partial charge >= 0.3 is 0 Å². The summed E-state index contributed by atoms with van der Waals surface area (Å²) < 4.78 is 18.2. The molecule has 182 valence electrons. The molecule has 2 aromatic carbocycles. The van der Waals surface area contributed by atoms with Crippen molar-refractivity contribution < 1.29 is 19.0 Å². The second-order valence-corrected chi connectivity index (χ2v) is 9.67. The van der Waals surface area contributed by atoms with Gasteiger partial charge in [0.2, 0.25) is 0 Å². The predicted molar refractivity (Wildman–Crippen MR) is 144 cm³/mol. The van der Waals surface area contributed by atoms with Crippen LogP contribution in [0.2, 0.25) is 0 Å². The van der Waals surface area contributed by atoms with E-state index in [1.807, 2.05) is 50.3 Å². The zero-order chi connectivity index (χ0) is 24.5. The number of hydrogen-bond donors (Lipinski definition) is 0. The van der Waals surface area contributed by atoms with Crippen LogP contribution in [0.5, 0.6) is 17.2 Å². The summed E-state index contributed by atoms with van der Waals surface area (Å²) in [5, 5.41) is 0. The first-order valence-corrected chi connectivity index (χ1v) is 13.1. The monoisotopic (exact) mass is 499 g/mol. The minimum absolute atomic E-state index is 0.0506. The maximum absolute atomic E-state index is 12.5. The van der Waals surface area contributed by atoms with Crippen LogP contribution in [0.25, 0.3) is 6.08 Å². The zero-order valence-electron chi connectivity index (χ0n) is 20.3. The molecule has 1 heterocycles. The summed E-state index contributed by atoms with van der Waals surface area (Å²) in [6, 6.07) is 14.0. The van der Waals surface area contributed by atoms with Crippen molar-refractivity contribution in [1.82, 2.24) is 4.90 Å². The molecule has 5 nitrogen and oxygen atoms in total. The number of carbonyl (C=O) groups excluding carboxylic acids is 1. The third-order valence-electron chi connectivity index (χ3n) is 5.63. The summed E-state index contributed by atoms with van der Waals surface area (Å²) in [6.07, 6.45) is 3.73. The van der Waals surface area contributed by atoms with E-state index in [-0.39, 0.29) is 5.91 Å². The molecule has 34 heavy (non-hydrogen) atoms. The van der Waals surface area contributed by atoms with Crippen molar-refractivity contribution in [2.24, 2.45) is 0 Å². The van der Waals surface area contributed by atoms with Crippen molar-refractivity contribution in [2.75, 3.05) is 26.4 Å². The Morgan fingerprint density at radius 2 is 1.74 bits per heavy atom. The molecular formula is C27H33NO4S2. The highest BCUT2D eigenvalue weighted by atomic mass is 32.2. The summed E-state index contributed by atoms with van der Waals surface area (Å²) in [7, 11) is 0. The largest absolute Gasteiger partial charge is 0.493 e. The maximum Gasteiger partial charge on any atom is 0.266 e. The third kappa shape index (κ3) is 6.76. The molecule has 0 aromatic heterocycles. The van der Waals surface area contributed by atoms with Crippen molar-refractivity contribution in [3.8, 4) is 17.2 Å². The third-order valence-corrected chi connectivity index (χ3v) is 7.01. The van der Waals surface area contributed by atoms with Crippen LogP contribution in [-0.2, 0) is 4.79 Å². The summed E-state index contributed by atoms with van der Waals surface area (Å²) >= 11 is 6.62. The van der Waals surface area contributed by atoms with E-state index in [1.165, 1.54) is 17.3 Å². The number of benzene rings is 2. The molecule has 1 unspecified atom stereocenters. The standard InChI is InChI=1S/C27H33NO4S2/c1-5-19(4)21-10-12-22(13-11-21)31-15-8-16-32-23-14-9-20(17-24(23)30-7-3)18-25-26(29)28(6-2)27(33)34-25/h9-14,17-19H,5-8,15-16H2,1-4H3. The van der Waals surface area contributed by atoms with Gasteiger partial charge in [-0.1, -0.05) is 56.0 Å². The normalized spacial score (nSPS) is 15.6. The quantitative estimate of drug-likeness (QED) is 0.185. The molecule has 7 heteroatoms. The number of rotatable bonds is 12. The minimum atomic E-state index is -0.0506. The highest BCUT2D eigenvalue weighted by Crippen LogP contribution is 2.34. The Labute approximate surface area is 212 Å². The highest BCUT2D eigenvalue weighted by molar-refractivity contribution is 8.26. The van der Waals surface area contributed by atoms with Gasteiger partial charge in [-0.15, -0.1) is 0 Å². The lowest BCUT2D eigenvalue weighted by Gasteiger charge is -2.13. The number of nitrogens with zero attached hydrogens (tertiary/aromatic N) is 1. The highest BCUT2D eigenvalue weighted by Gasteiger charge is 2.30. The van der Waals surface area contributed by atoms with E-state index in [0.29, 0.717) is 53.0 Å². The lowest BCUT2D eigenvalue weighted by atomic mass is 9.99. The smallest absolute Gasteiger partial charge is 0.266 e. The fourth-order valence-corrected chi connectivity index (χ4v) is 4.87. The van der Waals surface area contributed by atoms with Gasteiger partial charge < -0.3 is 14.2 Å². The molecule has 0 N–H and O–H groups in total. The number of likely N-dealkylation sites (N-methyl/N-ethyl adjacent to an activating group) is 1. The summed E-state index contributed by atoms with van der Waals surface area (Å²) in [5.41, 5.74) is 2.21. The summed E-state index contributed by atoms with van der Waals surface area (Å²) in [6.45, 7) is 10.5. The van der Waals surface area contributed by atoms with Crippen molar-refractivity contribution in [2.45, 2.75) is 46.5 Å². The average Bonchev–Trinajstić information content (AvgIpc) is 3.11. The molecule has 1 amide bonds. The Hall–Kier alpha value is -2.51. The molecule has 0 radical (unpaired) electrons. The lowest BCUT2D eigenvalue weighted by Crippen LogP contribution is -2.27. The SMILES string of the molecule is CCOc1cc(C=C2SC(=S)N(CC)C2=O)ccc1OCCCOc1ccc(C(C)CC)cc1. The van der Waals surface area contributed by atoms with E-state index in [2.05, 4.69) is 26.0 Å². The molecule has 0 saturated carbocycles. The van der Waals surface area contributed by atoms with E-state index in [4.69, 9.17) is 26.4 Å². The van der Waals surface area contributed by atoms with Crippen molar-refractivity contribution in [1.29, 1.82) is 0 Å². The second-order valence-electron chi connectivity index (χ2n) is 7.99. The Morgan fingerprint density at radius 1 is 1.00 bits per heavy atom. The molecule has 0 bridgehead atoms. The van der Waals surface area contributed by atoms with Crippen LogP contribution >= 0.6 is 24.0 Å².